The van der Waals surface area contributed by atoms with Crippen molar-refractivity contribution in [2.24, 2.45) is 5.73 Å². The van der Waals surface area contributed by atoms with E-state index in [1.165, 1.54) is 0 Å². The van der Waals surface area contributed by atoms with Crippen molar-refractivity contribution in [3.8, 4) is 0 Å². The quantitative estimate of drug-likeness (QED) is 0.637. The number of nitrogens with zero attached hydrogens (tertiary/aromatic N) is 1. The van der Waals surface area contributed by atoms with Crippen LogP contribution in [0.2, 0.25) is 0 Å². The fourth-order valence-electron chi connectivity index (χ4n) is 1.63. The minimum absolute atomic E-state index is 0.127. The van der Waals surface area contributed by atoms with Crippen molar-refractivity contribution in [2.75, 3.05) is 30.8 Å². The Kier molecular flexibility index (Phi) is 4.53. The second-order valence-corrected chi connectivity index (χ2v) is 3.95. The third-order valence-corrected chi connectivity index (χ3v) is 2.45. The van der Waals surface area contributed by atoms with Crippen LogP contribution < -0.4 is 21.7 Å². The number of rotatable bonds is 5. The van der Waals surface area contributed by atoms with Crippen LogP contribution in [0, 0.1) is 0 Å². The lowest BCUT2D eigenvalue weighted by Gasteiger charge is -2.21. The molecule has 0 aromatic heterocycles. The first-order valence-corrected chi connectivity index (χ1v) is 5.62. The maximum Gasteiger partial charge on any atom is 0.250 e. The number of nitrogens with one attached hydrogen (secondary N) is 1. The summed E-state index contributed by atoms with van der Waals surface area (Å²) in [5.74, 6) is -0.675. The van der Waals surface area contributed by atoms with Gasteiger partial charge in [0.2, 0.25) is 5.91 Å². The highest BCUT2D eigenvalue weighted by Gasteiger charge is 2.14. The molecule has 0 unspecified atom stereocenters. The highest BCUT2D eigenvalue weighted by atomic mass is 16.2. The SMILES string of the molecule is CCNC(=O)CN(C)c1cc(N)ccc1C(N)=O. The van der Waals surface area contributed by atoms with Crippen LogP contribution in [-0.2, 0) is 4.79 Å². The minimum atomic E-state index is -0.548. The Labute approximate surface area is 106 Å². The molecule has 18 heavy (non-hydrogen) atoms. The summed E-state index contributed by atoms with van der Waals surface area (Å²) < 4.78 is 0. The first kappa shape index (κ1) is 13.8. The van der Waals surface area contributed by atoms with Gasteiger partial charge in [0.1, 0.15) is 0 Å². The molecule has 0 radical (unpaired) electrons. The average molecular weight is 250 g/mol. The molecule has 0 atom stereocenters. The lowest BCUT2D eigenvalue weighted by atomic mass is 10.1. The fraction of sp³-hybridized carbons (Fsp3) is 0.333. The second kappa shape index (κ2) is 5.90. The van der Waals surface area contributed by atoms with E-state index in [0.29, 0.717) is 23.5 Å². The number of carbonyl (C=O) groups excluding carboxylic acids is 2. The van der Waals surface area contributed by atoms with E-state index in [2.05, 4.69) is 5.32 Å². The second-order valence-electron chi connectivity index (χ2n) is 3.95. The lowest BCUT2D eigenvalue weighted by Crippen LogP contribution is -2.35. The number of likely N-dealkylation sites (N-methyl/N-ethyl adjacent to an activating group) is 2. The Hall–Kier alpha value is -2.24. The van der Waals surface area contributed by atoms with E-state index in [0.717, 1.165) is 0 Å². The van der Waals surface area contributed by atoms with Crippen LogP contribution in [0.3, 0.4) is 0 Å². The van der Waals surface area contributed by atoms with Gasteiger partial charge in [0.25, 0.3) is 5.91 Å². The van der Waals surface area contributed by atoms with Crippen molar-refractivity contribution >= 4 is 23.2 Å². The van der Waals surface area contributed by atoms with Crippen molar-refractivity contribution in [1.29, 1.82) is 0 Å². The van der Waals surface area contributed by atoms with Gasteiger partial charge in [-0.3, -0.25) is 9.59 Å². The summed E-state index contributed by atoms with van der Waals surface area (Å²) in [6, 6.07) is 4.78. The molecule has 98 valence electrons. The molecule has 0 aliphatic carbocycles. The Morgan fingerprint density at radius 2 is 2.06 bits per heavy atom. The van der Waals surface area contributed by atoms with Gasteiger partial charge in [-0.05, 0) is 25.1 Å². The zero-order valence-electron chi connectivity index (χ0n) is 10.6. The topological polar surface area (TPSA) is 101 Å². The fourth-order valence-corrected chi connectivity index (χ4v) is 1.63. The molecule has 6 heteroatoms. The van der Waals surface area contributed by atoms with Gasteiger partial charge in [0, 0.05) is 19.3 Å². The molecule has 0 saturated heterocycles. The highest BCUT2D eigenvalue weighted by Crippen LogP contribution is 2.22. The van der Waals surface area contributed by atoms with E-state index in [-0.39, 0.29) is 12.5 Å². The average Bonchev–Trinajstić information content (AvgIpc) is 2.28. The van der Waals surface area contributed by atoms with Gasteiger partial charge < -0.3 is 21.7 Å². The molecule has 5 N–H and O–H groups in total. The van der Waals surface area contributed by atoms with Crippen molar-refractivity contribution in [2.45, 2.75) is 6.92 Å². The van der Waals surface area contributed by atoms with Crippen molar-refractivity contribution in [1.82, 2.24) is 5.32 Å². The van der Waals surface area contributed by atoms with Crippen molar-refractivity contribution < 1.29 is 9.59 Å². The monoisotopic (exact) mass is 250 g/mol. The van der Waals surface area contributed by atoms with Gasteiger partial charge in [-0.25, -0.2) is 0 Å². The Balaban J connectivity index is 2.96. The van der Waals surface area contributed by atoms with Gasteiger partial charge in [-0.2, -0.15) is 0 Å². The van der Waals surface area contributed by atoms with Crippen LogP contribution in [0.15, 0.2) is 18.2 Å². The Morgan fingerprint density at radius 3 is 2.61 bits per heavy atom. The van der Waals surface area contributed by atoms with Crippen LogP contribution in [0.5, 0.6) is 0 Å². The van der Waals surface area contributed by atoms with E-state index in [9.17, 15) is 9.59 Å². The van der Waals surface area contributed by atoms with Crippen LogP contribution in [0.25, 0.3) is 0 Å². The van der Waals surface area contributed by atoms with Gasteiger partial charge in [-0.15, -0.1) is 0 Å². The predicted octanol–water partition coefficient (Wildman–Crippen LogP) is -0.0600. The van der Waals surface area contributed by atoms with Gasteiger partial charge in [0.15, 0.2) is 0 Å². The van der Waals surface area contributed by atoms with Crippen LogP contribution in [0.4, 0.5) is 11.4 Å². The molecule has 1 rings (SSSR count). The Morgan fingerprint density at radius 1 is 1.39 bits per heavy atom. The van der Waals surface area contributed by atoms with E-state index in [1.807, 2.05) is 6.92 Å². The number of benzene rings is 1. The summed E-state index contributed by atoms with van der Waals surface area (Å²) in [6.45, 7) is 2.54. The first-order valence-electron chi connectivity index (χ1n) is 5.62. The zero-order valence-corrected chi connectivity index (χ0v) is 10.6. The van der Waals surface area contributed by atoms with Gasteiger partial charge in [0.05, 0.1) is 17.8 Å². The van der Waals surface area contributed by atoms with E-state index in [1.54, 1.807) is 30.1 Å². The first-order chi connectivity index (χ1) is 8.45. The number of amides is 2. The zero-order chi connectivity index (χ0) is 13.7. The molecular weight excluding hydrogens is 232 g/mol. The smallest absolute Gasteiger partial charge is 0.250 e. The van der Waals surface area contributed by atoms with E-state index < -0.39 is 5.91 Å². The molecule has 0 spiro atoms. The van der Waals surface area contributed by atoms with E-state index >= 15 is 0 Å². The number of nitrogen functional groups attached to an aromatic ring is 1. The molecular formula is C12H18N4O2. The van der Waals surface area contributed by atoms with E-state index in [4.69, 9.17) is 11.5 Å². The maximum atomic E-state index is 11.5. The third-order valence-electron chi connectivity index (χ3n) is 2.45. The summed E-state index contributed by atoms with van der Waals surface area (Å²) in [7, 11) is 1.70. The molecule has 0 aliphatic heterocycles. The Bertz CT molecular complexity index is 459. The molecule has 6 nitrogen and oxygen atoms in total. The molecule has 1 aromatic rings. The summed E-state index contributed by atoms with van der Waals surface area (Å²) in [4.78, 5) is 24.4. The lowest BCUT2D eigenvalue weighted by molar-refractivity contribution is -0.119. The maximum absolute atomic E-state index is 11.5. The van der Waals surface area contributed by atoms with Crippen LogP contribution in [0.1, 0.15) is 17.3 Å². The third kappa shape index (κ3) is 3.38. The largest absolute Gasteiger partial charge is 0.399 e. The number of hydrogen-bond donors (Lipinski definition) is 3. The molecule has 2 amide bonds. The van der Waals surface area contributed by atoms with Crippen LogP contribution >= 0.6 is 0 Å². The van der Waals surface area contributed by atoms with Crippen LogP contribution in [-0.4, -0.2) is 32.0 Å². The highest BCUT2D eigenvalue weighted by molar-refractivity contribution is 5.99. The number of anilines is 2. The molecule has 0 heterocycles. The summed E-state index contributed by atoms with van der Waals surface area (Å²) in [6.07, 6.45) is 0. The molecule has 0 aliphatic rings. The summed E-state index contributed by atoms with van der Waals surface area (Å²) in [5, 5.41) is 2.68. The normalized spacial score (nSPS) is 9.89. The summed E-state index contributed by atoms with van der Waals surface area (Å²) in [5.41, 5.74) is 12.4. The molecule has 0 fully saturated rings. The summed E-state index contributed by atoms with van der Waals surface area (Å²) >= 11 is 0. The molecule has 0 saturated carbocycles. The molecule has 1 aromatic carbocycles. The van der Waals surface area contributed by atoms with Crippen molar-refractivity contribution in [3.05, 3.63) is 23.8 Å². The minimum Gasteiger partial charge on any atom is -0.399 e. The number of hydrogen-bond acceptors (Lipinski definition) is 4. The standard InChI is InChI=1S/C12H18N4O2/c1-3-15-11(17)7-16(2)10-6-8(13)4-5-9(10)12(14)18/h4-6H,3,7,13H2,1-2H3,(H2,14,18)(H,15,17). The molecule has 0 bridgehead atoms. The van der Waals surface area contributed by atoms with Crippen molar-refractivity contribution in [3.63, 3.8) is 0 Å². The number of nitrogens with two attached hydrogens (primary N) is 2. The number of primary amides is 1. The predicted molar refractivity (Wildman–Crippen MR) is 71.3 cm³/mol. The van der Waals surface area contributed by atoms with Gasteiger partial charge >= 0.3 is 0 Å². The van der Waals surface area contributed by atoms with Gasteiger partial charge in [-0.1, -0.05) is 0 Å². The number of carbonyl (C=O) groups is 2.